The van der Waals surface area contributed by atoms with Crippen molar-refractivity contribution in [2.24, 2.45) is 0 Å². The van der Waals surface area contributed by atoms with Gasteiger partial charge in [0.05, 0.1) is 12.1 Å². The highest BCUT2D eigenvalue weighted by atomic mass is 32.1. The van der Waals surface area contributed by atoms with E-state index in [1.165, 1.54) is 23.5 Å². The summed E-state index contributed by atoms with van der Waals surface area (Å²) in [6.45, 7) is -1.07. The predicted molar refractivity (Wildman–Crippen MR) is 112 cm³/mol. The van der Waals surface area contributed by atoms with Gasteiger partial charge in [-0.3, -0.25) is 9.20 Å². The maximum atomic E-state index is 12.4. The molecule has 0 aliphatic heterocycles. The van der Waals surface area contributed by atoms with Gasteiger partial charge in [0.1, 0.15) is 5.75 Å². The Morgan fingerprint density at radius 3 is 2.55 bits per heavy atom. The Bertz CT molecular complexity index is 1170. The Labute approximate surface area is 180 Å². The van der Waals surface area contributed by atoms with E-state index in [1.54, 1.807) is 12.1 Å². The summed E-state index contributed by atoms with van der Waals surface area (Å²) >= 11 is 1.47. The number of imidazole rings is 1. The molecule has 1 amide bonds. The summed E-state index contributed by atoms with van der Waals surface area (Å²) in [5.41, 5.74) is 3.46. The molecule has 160 valence electrons. The van der Waals surface area contributed by atoms with Crippen molar-refractivity contribution in [2.45, 2.75) is 19.1 Å². The van der Waals surface area contributed by atoms with Gasteiger partial charge < -0.3 is 10.1 Å². The summed E-state index contributed by atoms with van der Waals surface area (Å²) in [4.78, 5) is 17.8. The normalized spacial score (nSPS) is 11.6. The van der Waals surface area contributed by atoms with Crippen molar-refractivity contribution in [3.63, 3.8) is 0 Å². The third-order valence-electron chi connectivity index (χ3n) is 4.51. The van der Waals surface area contributed by atoms with Crippen molar-refractivity contribution in [3.05, 3.63) is 77.4 Å². The number of amides is 1. The van der Waals surface area contributed by atoms with Crippen LogP contribution in [-0.2, 0) is 17.8 Å². The van der Waals surface area contributed by atoms with E-state index < -0.39 is 12.8 Å². The summed E-state index contributed by atoms with van der Waals surface area (Å²) < 4.78 is 43.2. The summed E-state index contributed by atoms with van der Waals surface area (Å²) in [7, 11) is 0. The van der Waals surface area contributed by atoms with Gasteiger partial charge in [0, 0.05) is 29.4 Å². The molecule has 0 radical (unpaired) electrons. The SMILES string of the molecule is O=C(Cc1csc2nc(-c3ccccc3)cn12)NCc1ccc(OCC(F)(F)F)cc1. The van der Waals surface area contributed by atoms with Crippen LogP contribution in [0.15, 0.2) is 66.2 Å². The molecule has 2 heterocycles. The number of nitrogens with zero attached hydrogens (tertiary/aromatic N) is 2. The smallest absolute Gasteiger partial charge is 0.422 e. The maximum Gasteiger partial charge on any atom is 0.422 e. The van der Waals surface area contributed by atoms with Crippen molar-refractivity contribution in [1.29, 1.82) is 0 Å². The number of halogens is 3. The summed E-state index contributed by atoms with van der Waals surface area (Å²) in [5.74, 6) is -0.0329. The third-order valence-corrected chi connectivity index (χ3v) is 5.40. The van der Waals surface area contributed by atoms with E-state index in [0.717, 1.165) is 27.5 Å². The molecule has 2 aromatic carbocycles. The number of ether oxygens (including phenoxy) is 1. The molecule has 2 aromatic heterocycles. The van der Waals surface area contributed by atoms with Gasteiger partial charge in [0.25, 0.3) is 0 Å². The molecular weight excluding hydrogens is 427 g/mol. The lowest BCUT2D eigenvalue weighted by atomic mass is 10.2. The number of alkyl halides is 3. The molecule has 0 saturated carbocycles. The molecule has 4 rings (SSSR count). The number of thiazole rings is 1. The van der Waals surface area contributed by atoms with E-state index >= 15 is 0 Å². The molecule has 0 aliphatic rings. The van der Waals surface area contributed by atoms with Crippen LogP contribution in [0.2, 0.25) is 0 Å². The predicted octanol–water partition coefficient (Wildman–Crippen LogP) is 4.86. The second-order valence-corrected chi connectivity index (χ2v) is 7.71. The van der Waals surface area contributed by atoms with Crippen LogP contribution in [-0.4, -0.2) is 28.1 Å². The van der Waals surface area contributed by atoms with Crippen LogP contribution in [0.1, 0.15) is 11.3 Å². The van der Waals surface area contributed by atoms with Gasteiger partial charge in [0.2, 0.25) is 5.91 Å². The van der Waals surface area contributed by atoms with Gasteiger partial charge in [-0.1, -0.05) is 42.5 Å². The highest BCUT2D eigenvalue weighted by molar-refractivity contribution is 7.15. The van der Waals surface area contributed by atoms with Gasteiger partial charge >= 0.3 is 6.18 Å². The lowest BCUT2D eigenvalue weighted by Gasteiger charge is -2.10. The number of nitrogens with one attached hydrogen (secondary N) is 1. The zero-order valence-electron chi connectivity index (χ0n) is 16.2. The fraction of sp³-hybridized carbons (Fsp3) is 0.182. The topological polar surface area (TPSA) is 55.6 Å². The van der Waals surface area contributed by atoms with Crippen LogP contribution in [0.3, 0.4) is 0 Å². The molecule has 5 nitrogen and oxygen atoms in total. The molecule has 0 unspecified atom stereocenters. The Kier molecular flexibility index (Phi) is 5.94. The lowest BCUT2D eigenvalue weighted by molar-refractivity contribution is -0.153. The van der Waals surface area contributed by atoms with E-state index in [9.17, 15) is 18.0 Å². The van der Waals surface area contributed by atoms with Crippen LogP contribution >= 0.6 is 11.3 Å². The Balaban J connectivity index is 1.34. The number of rotatable bonds is 7. The fourth-order valence-corrected chi connectivity index (χ4v) is 3.87. The number of hydrogen-bond acceptors (Lipinski definition) is 4. The van der Waals surface area contributed by atoms with Crippen LogP contribution in [0.4, 0.5) is 13.2 Å². The van der Waals surface area contributed by atoms with Gasteiger partial charge in [-0.15, -0.1) is 11.3 Å². The molecule has 0 atom stereocenters. The Morgan fingerprint density at radius 1 is 1.10 bits per heavy atom. The second-order valence-electron chi connectivity index (χ2n) is 6.87. The van der Waals surface area contributed by atoms with E-state index in [4.69, 9.17) is 0 Å². The quantitative estimate of drug-likeness (QED) is 0.442. The van der Waals surface area contributed by atoms with Crippen molar-refractivity contribution < 1.29 is 22.7 Å². The molecule has 0 fully saturated rings. The van der Waals surface area contributed by atoms with Crippen LogP contribution in [0.25, 0.3) is 16.2 Å². The van der Waals surface area contributed by atoms with Gasteiger partial charge in [0.15, 0.2) is 11.6 Å². The third kappa shape index (κ3) is 5.43. The minimum Gasteiger partial charge on any atom is -0.484 e. The average Bonchev–Trinajstić information content (AvgIpc) is 3.34. The largest absolute Gasteiger partial charge is 0.484 e. The highest BCUT2D eigenvalue weighted by Crippen LogP contribution is 2.24. The van der Waals surface area contributed by atoms with Gasteiger partial charge in [-0.2, -0.15) is 13.2 Å². The highest BCUT2D eigenvalue weighted by Gasteiger charge is 2.28. The molecule has 0 saturated heterocycles. The number of carbonyl (C=O) groups is 1. The number of hydrogen-bond donors (Lipinski definition) is 1. The lowest BCUT2D eigenvalue weighted by Crippen LogP contribution is -2.25. The number of fused-ring (bicyclic) bond motifs is 1. The molecular formula is C22H18F3N3O2S. The number of benzene rings is 2. The molecule has 0 bridgehead atoms. The molecule has 4 aromatic rings. The zero-order chi connectivity index (χ0) is 21.8. The second kappa shape index (κ2) is 8.81. The van der Waals surface area contributed by atoms with Crippen molar-refractivity contribution in [1.82, 2.24) is 14.7 Å². The van der Waals surface area contributed by atoms with E-state index in [2.05, 4.69) is 15.0 Å². The first kappa shape index (κ1) is 20.9. The number of carbonyl (C=O) groups excluding carboxylic acids is 1. The molecule has 1 N–H and O–H groups in total. The van der Waals surface area contributed by atoms with Crippen LogP contribution in [0.5, 0.6) is 5.75 Å². The fourth-order valence-electron chi connectivity index (χ4n) is 3.00. The standard InChI is InChI=1S/C22H18F3N3O2S/c23-22(24,25)14-30-18-8-6-15(7-9-18)11-26-20(29)10-17-13-31-21-27-19(12-28(17)21)16-4-2-1-3-5-16/h1-9,12-13H,10-11,14H2,(H,26,29). The minimum atomic E-state index is -4.38. The van der Waals surface area contributed by atoms with Crippen molar-refractivity contribution in [3.8, 4) is 17.0 Å². The minimum absolute atomic E-state index is 0.127. The van der Waals surface area contributed by atoms with Crippen LogP contribution in [0, 0.1) is 0 Å². The first-order valence-corrected chi connectivity index (χ1v) is 10.3. The van der Waals surface area contributed by atoms with Gasteiger partial charge in [-0.05, 0) is 17.7 Å². The van der Waals surface area contributed by atoms with Gasteiger partial charge in [-0.25, -0.2) is 4.98 Å². The molecule has 9 heteroatoms. The van der Waals surface area contributed by atoms with Crippen molar-refractivity contribution >= 4 is 22.2 Å². The number of aromatic nitrogens is 2. The van der Waals surface area contributed by atoms with Crippen LogP contribution < -0.4 is 10.1 Å². The Morgan fingerprint density at radius 2 is 1.84 bits per heavy atom. The maximum absolute atomic E-state index is 12.4. The molecule has 31 heavy (non-hydrogen) atoms. The zero-order valence-corrected chi connectivity index (χ0v) is 17.0. The van der Waals surface area contributed by atoms with E-state index in [0.29, 0.717) is 0 Å². The molecule has 0 aliphatic carbocycles. The first-order valence-electron chi connectivity index (χ1n) is 9.43. The summed E-state index contributed by atoms with van der Waals surface area (Å²) in [6.07, 6.45) is -2.27. The Hall–Kier alpha value is -3.33. The molecule has 0 spiro atoms. The first-order chi connectivity index (χ1) is 14.9. The monoisotopic (exact) mass is 445 g/mol. The average molecular weight is 445 g/mol. The van der Waals surface area contributed by atoms with E-state index in [1.807, 2.05) is 46.3 Å². The van der Waals surface area contributed by atoms with E-state index in [-0.39, 0.29) is 24.6 Å². The van der Waals surface area contributed by atoms with Crippen molar-refractivity contribution in [2.75, 3.05) is 6.61 Å². The summed E-state index contributed by atoms with van der Waals surface area (Å²) in [5, 5.41) is 4.73. The summed E-state index contributed by atoms with van der Waals surface area (Å²) in [6, 6.07) is 16.0.